The molecule has 4 aromatic rings. The normalized spacial score (nSPS) is 16.4. The summed E-state index contributed by atoms with van der Waals surface area (Å²) in [4.78, 5) is 26.2. The van der Waals surface area contributed by atoms with Crippen molar-refractivity contribution in [3.05, 3.63) is 74.3 Å². The molecule has 5 rings (SSSR count). The summed E-state index contributed by atoms with van der Waals surface area (Å²) in [7, 11) is 0. The third-order valence-corrected chi connectivity index (χ3v) is 6.35. The Morgan fingerprint density at radius 2 is 2.00 bits per heavy atom. The molecule has 0 amide bonds. The van der Waals surface area contributed by atoms with E-state index in [0.29, 0.717) is 11.9 Å². The Morgan fingerprint density at radius 1 is 1.23 bits per heavy atom. The summed E-state index contributed by atoms with van der Waals surface area (Å²) in [6.07, 6.45) is 0.370. The standard InChI is InChI=1S/C23H17ClF2N8O/c1-2-10-16-13(26)6-9(25)7-15(16)34-21(30-14-5-3-4-12(24)17(14)22(34)35)18(10)31-20-11(8-27)19(28)32-23(29)33-20/h3-7,10,18H,2H2,1H3,(H5,28,29,31,32,33)/t10-,18-/m1/s1. The van der Waals surface area contributed by atoms with Crippen molar-refractivity contribution in [3.8, 4) is 11.8 Å². The molecule has 0 spiro atoms. The molecule has 0 radical (unpaired) electrons. The van der Waals surface area contributed by atoms with E-state index < -0.39 is 29.2 Å². The second kappa shape index (κ2) is 8.18. The maximum Gasteiger partial charge on any atom is 0.267 e. The number of anilines is 3. The number of nitrogens with one attached hydrogen (secondary N) is 1. The molecule has 2 aromatic carbocycles. The molecule has 1 aliphatic heterocycles. The first kappa shape index (κ1) is 22.5. The summed E-state index contributed by atoms with van der Waals surface area (Å²) in [5.41, 5.74) is 11.4. The number of hydrogen-bond acceptors (Lipinski definition) is 8. The van der Waals surface area contributed by atoms with Crippen molar-refractivity contribution in [3.63, 3.8) is 0 Å². The van der Waals surface area contributed by atoms with Crippen LogP contribution in [0.5, 0.6) is 0 Å². The number of nitriles is 1. The Balaban J connectivity index is 1.86. The fourth-order valence-electron chi connectivity index (χ4n) is 4.58. The molecule has 35 heavy (non-hydrogen) atoms. The van der Waals surface area contributed by atoms with E-state index in [4.69, 9.17) is 23.1 Å². The number of hydrogen-bond donors (Lipinski definition) is 3. The molecular formula is C23H17ClF2N8O. The van der Waals surface area contributed by atoms with Crippen LogP contribution < -0.4 is 22.3 Å². The quantitative estimate of drug-likeness (QED) is 0.389. The number of nitrogens with zero attached hydrogens (tertiary/aromatic N) is 5. The van der Waals surface area contributed by atoms with Gasteiger partial charge in [0.2, 0.25) is 5.95 Å². The van der Waals surface area contributed by atoms with Crippen LogP contribution in [0, 0.1) is 23.0 Å². The molecule has 0 saturated heterocycles. The molecule has 9 nitrogen and oxygen atoms in total. The van der Waals surface area contributed by atoms with Crippen LogP contribution in [0.15, 0.2) is 35.1 Å². The highest BCUT2D eigenvalue weighted by Gasteiger charge is 2.39. The van der Waals surface area contributed by atoms with E-state index in [1.165, 1.54) is 6.07 Å². The zero-order valence-corrected chi connectivity index (χ0v) is 18.9. The Morgan fingerprint density at radius 3 is 2.71 bits per heavy atom. The Labute approximate surface area is 202 Å². The van der Waals surface area contributed by atoms with E-state index in [-0.39, 0.29) is 50.6 Å². The predicted octanol–water partition coefficient (Wildman–Crippen LogP) is 3.80. The topological polar surface area (TPSA) is 149 Å². The number of rotatable bonds is 3. The molecule has 0 unspecified atom stereocenters. The van der Waals surface area contributed by atoms with Crippen LogP contribution in [-0.4, -0.2) is 19.5 Å². The largest absolute Gasteiger partial charge is 0.382 e. The van der Waals surface area contributed by atoms with Gasteiger partial charge < -0.3 is 16.8 Å². The molecule has 3 heterocycles. The molecule has 176 valence electrons. The highest BCUT2D eigenvalue weighted by molar-refractivity contribution is 6.35. The van der Waals surface area contributed by atoms with Gasteiger partial charge >= 0.3 is 0 Å². The van der Waals surface area contributed by atoms with Crippen molar-refractivity contribution in [2.45, 2.75) is 25.3 Å². The average molecular weight is 495 g/mol. The van der Waals surface area contributed by atoms with Crippen molar-refractivity contribution in [1.82, 2.24) is 19.5 Å². The molecule has 2 aromatic heterocycles. The lowest BCUT2D eigenvalue weighted by molar-refractivity contribution is 0.469. The third kappa shape index (κ3) is 3.41. The number of benzene rings is 2. The minimum atomic E-state index is -0.871. The lowest BCUT2D eigenvalue weighted by atomic mass is 9.83. The number of nitrogens with two attached hydrogens (primary N) is 2. The van der Waals surface area contributed by atoms with Crippen LogP contribution in [0.1, 0.15) is 42.3 Å². The first-order chi connectivity index (χ1) is 16.7. The van der Waals surface area contributed by atoms with Crippen LogP contribution >= 0.6 is 11.6 Å². The first-order valence-electron chi connectivity index (χ1n) is 10.5. The van der Waals surface area contributed by atoms with E-state index in [1.807, 2.05) is 13.0 Å². The van der Waals surface area contributed by atoms with Gasteiger partial charge in [-0.25, -0.2) is 13.8 Å². The van der Waals surface area contributed by atoms with E-state index in [1.54, 1.807) is 12.1 Å². The summed E-state index contributed by atoms with van der Waals surface area (Å²) in [5.74, 6) is -2.46. The van der Waals surface area contributed by atoms with Crippen molar-refractivity contribution in [2.24, 2.45) is 0 Å². The Bertz CT molecular complexity index is 1630. The van der Waals surface area contributed by atoms with E-state index in [2.05, 4.69) is 20.3 Å². The lowest BCUT2D eigenvalue weighted by Crippen LogP contribution is -2.37. The summed E-state index contributed by atoms with van der Waals surface area (Å²) in [6.45, 7) is 1.81. The fraction of sp³-hybridized carbons (Fsp3) is 0.174. The minimum absolute atomic E-state index is 0.00101. The number of nitrogen functional groups attached to an aromatic ring is 2. The van der Waals surface area contributed by atoms with E-state index >= 15 is 4.39 Å². The van der Waals surface area contributed by atoms with Crippen LogP contribution in [0.25, 0.3) is 16.6 Å². The number of aromatic nitrogens is 4. The van der Waals surface area contributed by atoms with Gasteiger partial charge in [-0.2, -0.15) is 15.2 Å². The number of halogens is 3. The van der Waals surface area contributed by atoms with Crippen LogP contribution in [0.4, 0.5) is 26.4 Å². The summed E-state index contributed by atoms with van der Waals surface area (Å²) in [5, 5.41) is 12.9. The fourth-order valence-corrected chi connectivity index (χ4v) is 4.83. The Hall–Kier alpha value is -4.30. The zero-order chi connectivity index (χ0) is 25.0. The maximum atomic E-state index is 15.2. The summed E-state index contributed by atoms with van der Waals surface area (Å²) >= 11 is 6.29. The highest BCUT2D eigenvalue weighted by atomic mass is 35.5. The van der Waals surface area contributed by atoms with Gasteiger partial charge in [0.15, 0.2) is 5.82 Å². The Kier molecular flexibility index (Phi) is 5.25. The van der Waals surface area contributed by atoms with Gasteiger partial charge in [0, 0.05) is 17.5 Å². The second-order valence-electron chi connectivity index (χ2n) is 8.00. The van der Waals surface area contributed by atoms with Gasteiger partial charge in [0.1, 0.15) is 34.9 Å². The monoisotopic (exact) mass is 494 g/mol. The molecule has 2 atom stereocenters. The molecular weight excluding hydrogens is 478 g/mol. The molecule has 0 bridgehead atoms. The minimum Gasteiger partial charge on any atom is -0.382 e. The third-order valence-electron chi connectivity index (χ3n) is 6.04. The van der Waals surface area contributed by atoms with Crippen LogP contribution in [-0.2, 0) is 0 Å². The smallest absolute Gasteiger partial charge is 0.267 e. The van der Waals surface area contributed by atoms with E-state index in [9.17, 15) is 14.4 Å². The summed E-state index contributed by atoms with van der Waals surface area (Å²) < 4.78 is 30.7. The van der Waals surface area contributed by atoms with Gasteiger partial charge in [-0.3, -0.25) is 9.36 Å². The predicted molar refractivity (Wildman–Crippen MR) is 127 cm³/mol. The molecule has 0 saturated carbocycles. The second-order valence-corrected chi connectivity index (χ2v) is 8.41. The SMILES string of the molecule is CC[C@@H]1c2c(F)cc(F)cc2-n2c(nc3cccc(Cl)c3c2=O)[C@@H]1Nc1nc(N)nc(N)c1C#N. The molecule has 0 aliphatic carbocycles. The lowest BCUT2D eigenvalue weighted by Gasteiger charge is -2.36. The van der Waals surface area contributed by atoms with Crippen molar-refractivity contribution < 1.29 is 8.78 Å². The van der Waals surface area contributed by atoms with Crippen LogP contribution in [0.3, 0.4) is 0 Å². The van der Waals surface area contributed by atoms with Crippen molar-refractivity contribution in [2.75, 3.05) is 16.8 Å². The zero-order valence-electron chi connectivity index (χ0n) is 18.2. The van der Waals surface area contributed by atoms with Crippen LogP contribution in [0.2, 0.25) is 5.02 Å². The van der Waals surface area contributed by atoms with Crippen molar-refractivity contribution in [1.29, 1.82) is 5.26 Å². The highest BCUT2D eigenvalue weighted by Crippen LogP contribution is 2.44. The number of fused-ring (bicyclic) bond motifs is 4. The van der Waals surface area contributed by atoms with Gasteiger partial charge in [0.25, 0.3) is 5.56 Å². The van der Waals surface area contributed by atoms with Crippen molar-refractivity contribution >= 4 is 40.1 Å². The average Bonchev–Trinajstić information content (AvgIpc) is 2.79. The first-order valence-corrected chi connectivity index (χ1v) is 10.9. The van der Waals surface area contributed by atoms with Gasteiger partial charge in [0.05, 0.1) is 27.7 Å². The maximum absolute atomic E-state index is 15.2. The van der Waals surface area contributed by atoms with Gasteiger partial charge in [-0.1, -0.05) is 24.6 Å². The van der Waals surface area contributed by atoms with Gasteiger partial charge in [-0.15, -0.1) is 0 Å². The van der Waals surface area contributed by atoms with E-state index in [0.717, 1.165) is 16.7 Å². The molecule has 12 heteroatoms. The molecule has 0 fully saturated rings. The molecule has 5 N–H and O–H groups in total. The van der Waals surface area contributed by atoms with Gasteiger partial charge in [-0.05, 0) is 24.6 Å². The summed E-state index contributed by atoms with van der Waals surface area (Å²) in [6, 6.07) is 7.70. The molecule has 1 aliphatic rings.